The molecule has 114 valence electrons. The van der Waals surface area contributed by atoms with Crippen molar-refractivity contribution in [1.82, 2.24) is 0 Å². The second kappa shape index (κ2) is 5.78. The predicted octanol–water partition coefficient (Wildman–Crippen LogP) is 6.60. The second-order valence-electron chi connectivity index (χ2n) is 5.92. The molecule has 0 fully saturated rings. The van der Waals surface area contributed by atoms with Crippen LogP contribution in [-0.4, -0.2) is 0 Å². The summed E-state index contributed by atoms with van der Waals surface area (Å²) >= 11 is 3.78. The number of rotatable bonds is 1. The van der Waals surface area contributed by atoms with E-state index in [1.165, 1.54) is 27.1 Å². The number of hydrogen-bond donors (Lipinski definition) is 0. The van der Waals surface area contributed by atoms with Gasteiger partial charge in [0.05, 0.1) is 11.6 Å². The number of halogens is 1. The lowest BCUT2D eigenvalue weighted by Gasteiger charge is -2.15. The number of fused-ring (bicyclic) bond motifs is 2. The maximum absolute atomic E-state index is 9.20. The molecular formula is C22H14BrN. The van der Waals surface area contributed by atoms with E-state index in [1.807, 2.05) is 19.1 Å². The first-order chi connectivity index (χ1) is 11.7. The van der Waals surface area contributed by atoms with Gasteiger partial charge < -0.3 is 0 Å². The van der Waals surface area contributed by atoms with E-state index in [0.29, 0.717) is 0 Å². The smallest absolute Gasteiger partial charge is 0.0994 e. The minimum Gasteiger partial charge on any atom is -0.192 e. The van der Waals surface area contributed by atoms with E-state index in [9.17, 15) is 5.26 Å². The topological polar surface area (TPSA) is 23.8 Å². The Kier molecular flexibility index (Phi) is 3.59. The second-order valence-corrected chi connectivity index (χ2v) is 6.71. The Bertz CT molecular complexity index is 1080. The van der Waals surface area contributed by atoms with Crippen molar-refractivity contribution in [2.45, 2.75) is 6.92 Å². The monoisotopic (exact) mass is 371 g/mol. The van der Waals surface area contributed by atoms with Gasteiger partial charge in [-0.05, 0) is 67.2 Å². The zero-order valence-corrected chi connectivity index (χ0v) is 14.8. The summed E-state index contributed by atoms with van der Waals surface area (Å²) in [5.41, 5.74) is 4.10. The van der Waals surface area contributed by atoms with E-state index in [-0.39, 0.29) is 0 Å². The van der Waals surface area contributed by atoms with Gasteiger partial charge in [0.2, 0.25) is 0 Å². The van der Waals surface area contributed by atoms with E-state index in [1.54, 1.807) is 0 Å². The summed E-state index contributed by atoms with van der Waals surface area (Å²) < 4.78 is 1.13. The summed E-state index contributed by atoms with van der Waals surface area (Å²) in [6, 6.07) is 25.2. The van der Waals surface area contributed by atoms with Crippen molar-refractivity contribution in [1.29, 1.82) is 5.26 Å². The molecule has 4 aromatic rings. The molecule has 0 saturated carbocycles. The molecule has 0 amide bonds. The van der Waals surface area contributed by atoms with Gasteiger partial charge in [0.25, 0.3) is 0 Å². The molecule has 2 heteroatoms. The maximum Gasteiger partial charge on any atom is 0.0994 e. The van der Waals surface area contributed by atoms with Gasteiger partial charge in [-0.15, -0.1) is 0 Å². The first kappa shape index (κ1) is 14.9. The molecule has 0 aliphatic heterocycles. The zero-order chi connectivity index (χ0) is 16.7. The lowest BCUT2D eigenvalue weighted by atomic mass is 9.91. The van der Waals surface area contributed by atoms with Crippen molar-refractivity contribution < 1.29 is 0 Å². The van der Waals surface area contributed by atoms with Crippen LogP contribution in [-0.2, 0) is 0 Å². The van der Waals surface area contributed by atoms with Crippen LogP contribution < -0.4 is 0 Å². The summed E-state index contributed by atoms with van der Waals surface area (Å²) in [5.74, 6) is 0. The molecule has 0 unspecified atom stereocenters. The van der Waals surface area contributed by atoms with Gasteiger partial charge in [0.1, 0.15) is 0 Å². The maximum atomic E-state index is 9.20. The van der Waals surface area contributed by atoms with Crippen LogP contribution in [0.15, 0.2) is 71.2 Å². The number of aryl methyl sites for hydroxylation is 1. The molecule has 1 nitrogen and oxygen atoms in total. The molecule has 0 radical (unpaired) electrons. The molecule has 0 saturated heterocycles. The zero-order valence-electron chi connectivity index (χ0n) is 13.2. The largest absolute Gasteiger partial charge is 0.192 e. The van der Waals surface area contributed by atoms with Crippen LogP contribution in [0.3, 0.4) is 0 Å². The third-order valence-corrected chi connectivity index (χ3v) is 5.36. The van der Waals surface area contributed by atoms with Crippen molar-refractivity contribution in [2.24, 2.45) is 0 Å². The predicted molar refractivity (Wildman–Crippen MR) is 104 cm³/mol. The van der Waals surface area contributed by atoms with E-state index >= 15 is 0 Å². The molecule has 0 heterocycles. The highest BCUT2D eigenvalue weighted by Gasteiger charge is 2.14. The summed E-state index contributed by atoms with van der Waals surface area (Å²) in [5, 5.41) is 14.0. The van der Waals surface area contributed by atoms with Gasteiger partial charge >= 0.3 is 0 Å². The normalized spacial score (nSPS) is 10.9. The Morgan fingerprint density at radius 2 is 1.33 bits per heavy atom. The van der Waals surface area contributed by atoms with Crippen molar-refractivity contribution in [2.75, 3.05) is 0 Å². The van der Waals surface area contributed by atoms with Crippen LogP contribution >= 0.6 is 15.9 Å². The van der Waals surface area contributed by atoms with Crippen molar-refractivity contribution >= 4 is 37.5 Å². The fourth-order valence-electron chi connectivity index (χ4n) is 3.33. The Morgan fingerprint density at radius 1 is 0.792 bits per heavy atom. The van der Waals surface area contributed by atoms with Crippen LogP contribution in [0, 0.1) is 18.3 Å². The van der Waals surface area contributed by atoms with Crippen LogP contribution in [0.1, 0.15) is 11.1 Å². The molecule has 0 aromatic heterocycles. The van der Waals surface area contributed by atoms with Crippen molar-refractivity contribution in [3.8, 4) is 17.2 Å². The van der Waals surface area contributed by atoms with E-state index < -0.39 is 0 Å². The minimum atomic E-state index is 0.726. The number of nitrogens with zero attached hydrogens (tertiary/aromatic N) is 1. The minimum absolute atomic E-state index is 0.726. The van der Waals surface area contributed by atoms with Crippen molar-refractivity contribution in [3.05, 3.63) is 82.3 Å². The van der Waals surface area contributed by atoms with Gasteiger partial charge in [0, 0.05) is 4.47 Å². The van der Waals surface area contributed by atoms with Crippen LogP contribution in [0.2, 0.25) is 0 Å². The highest BCUT2D eigenvalue weighted by Crippen LogP contribution is 2.41. The molecule has 0 aliphatic carbocycles. The average Bonchev–Trinajstić information content (AvgIpc) is 2.62. The summed E-state index contributed by atoms with van der Waals surface area (Å²) in [6.45, 7) is 1.99. The highest BCUT2D eigenvalue weighted by molar-refractivity contribution is 9.10. The molecule has 0 N–H and O–H groups in total. The molecule has 4 rings (SSSR count). The molecule has 24 heavy (non-hydrogen) atoms. The van der Waals surface area contributed by atoms with Crippen LogP contribution in [0.5, 0.6) is 0 Å². The Morgan fingerprint density at radius 3 is 1.83 bits per heavy atom. The molecule has 0 aliphatic rings. The van der Waals surface area contributed by atoms with Gasteiger partial charge in [-0.2, -0.15) is 5.26 Å². The van der Waals surface area contributed by atoms with E-state index in [2.05, 4.69) is 76.6 Å². The number of nitriles is 1. The van der Waals surface area contributed by atoms with Crippen molar-refractivity contribution in [3.63, 3.8) is 0 Å². The van der Waals surface area contributed by atoms with Gasteiger partial charge in [-0.1, -0.05) is 60.7 Å². The van der Waals surface area contributed by atoms with Crippen LogP contribution in [0.25, 0.3) is 32.7 Å². The van der Waals surface area contributed by atoms with Gasteiger partial charge in [-0.3, -0.25) is 0 Å². The summed E-state index contributed by atoms with van der Waals surface area (Å²) in [4.78, 5) is 0. The number of benzene rings is 4. The first-order valence-corrected chi connectivity index (χ1v) is 8.60. The fraction of sp³-hybridized carbons (Fsp3) is 0.0455. The standard InChI is InChI=1S/C22H14BrN/c1-14-12-15(10-11-16(14)13-24)21-17-6-2-4-8-19(17)22(23)20-9-5-3-7-18(20)21/h2-12H,1H3. The lowest BCUT2D eigenvalue weighted by molar-refractivity contribution is 1.40. The molecular weight excluding hydrogens is 358 g/mol. The van der Waals surface area contributed by atoms with Gasteiger partial charge in [0.15, 0.2) is 0 Å². The Labute approximate surface area is 149 Å². The fourth-order valence-corrected chi connectivity index (χ4v) is 4.02. The first-order valence-electron chi connectivity index (χ1n) is 7.81. The third kappa shape index (κ3) is 2.21. The SMILES string of the molecule is Cc1cc(-c2c3ccccc3c(Br)c3ccccc23)ccc1C#N. The third-order valence-electron chi connectivity index (χ3n) is 4.50. The van der Waals surface area contributed by atoms with Crippen LogP contribution in [0.4, 0.5) is 0 Å². The lowest BCUT2D eigenvalue weighted by Crippen LogP contribution is -1.89. The van der Waals surface area contributed by atoms with E-state index in [0.717, 1.165) is 21.2 Å². The molecule has 0 atom stereocenters. The van der Waals surface area contributed by atoms with Gasteiger partial charge in [-0.25, -0.2) is 0 Å². The Balaban J connectivity index is 2.19. The van der Waals surface area contributed by atoms with E-state index in [4.69, 9.17) is 0 Å². The average molecular weight is 372 g/mol. The summed E-state index contributed by atoms with van der Waals surface area (Å²) in [6.07, 6.45) is 0. The highest BCUT2D eigenvalue weighted by atomic mass is 79.9. The molecule has 0 spiro atoms. The molecule has 0 bridgehead atoms. The quantitative estimate of drug-likeness (QED) is 0.345. The number of hydrogen-bond acceptors (Lipinski definition) is 1. The summed E-state index contributed by atoms with van der Waals surface area (Å²) in [7, 11) is 0. The molecule has 4 aromatic carbocycles. The Hall–Kier alpha value is -2.63.